The predicted molar refractivity (Wildman–Crippen MR) is 136 cm³/mol. The van der Waals surface area contributed by atoms with Gasteiger partial charge in [0, 0.05) is 24.0 Å². The number of ether oxygens (including phenoxy) is 2. The van der Waals surface area contributed by atoms with Crippen molar-refractivity contribution in [3.8, 4) is 28.3 Å². The topological polar surface area (TPSA) is 115 Å². The van der Waals surface area contributed by atoms with Crippen molar-refractivity contribution in [3.63, 3.8) is 0 Å². The van der Waals surface area contributed by atoms with E-state index in [1.54, 1.807) is 6.20 Å². The maximum absolute atomic E-state index is 12.3. The number of nitrogens with one attached hydrogen (secondary N) is 2. The molecule has 0 saturated carbocycles. The highest BCUT2D eigenvalue weighted by atomic mass is 16.6. The lowest BCUT2D eigenvalue weighted by Crippen LogP contribution is -2.32. The van der Waals surface area contributed by atoms with Crippen LogP contribution in [0.3, 0.4) is 0 Å². The zero-order valence-corrected chi connectivity index (χ0v) is 21.1. The number of pyridine rings is 1. The number of carbonyl (C=O) groups is 1. The van der Waals surface area contributed by atoms with Crippen molar-refractivity contribution >= 4 is 6.09 Å². The van der Waals surface area contributed by atoms with Gasteiger partial charge in [0.15, 0.2) is 0 Å². The number of benzene rings is 2. The second kappa shape index (κ2) is 10.6. The van der Waals surface area contributed by atoms with Crippen LogP contribution in [0.4, 0.5) is 4.79 Å². The molecule has 0 radical (unpaired) electrons. The second-order valence-electron chi connectivity index (χ2n) is 9.46. The number of nitrogens with zero attached hydrogens (tertiary/aromatic N) is 4. The third kappa shape index (κ3) is 6.04. The number of hydrogen-bond acceptors (Lipinski definition) is 7. The standard InChI is InChI=1S/C27H30N6O3/c1-17-10-12-19(13-11-17)24-20(15-29-26(34)36-27(3,4)5)14-28-18(2)22(24)16-35-23-9-7-6-8-21(23)25-30-32-33-31-25/h6-14H,15-16H2,1-5H3,(H,29,34)(H,30,31,32,33). The molecule has 36 heavy (non-hydrogen) atoms. The summed E-state index contributed by atoms with van der Waals surface area (Å²) >= 11 is 0. The summed E-state index contributed by atoms with van der Waals surface area (Å²) in [5.74, 6) is 1.08. The molecule has 9 heteroatoms. The Kier molecular flexibility index (Phi) is 7.28. The molecular formula is C27H30N6O3. The highest BCUT2D eigenvalue weighted by Gasteiger charge is 2.20. The van der Waals surface area contributed by atoms with Crippen LogP contribution < -0.4 is 10.1 Å². The first-order valence-corrected chi connectivity index (χ1v) is 11.7. The Bertz CT molecular complexity index is 1330. The number of H-pyrrole nitrogens is 1. The van der Waals surface area contributed by atoms with Crippen LogP contribution in [0.15, 0.2) is 54.7 Å². The van der Waals surface area contributed by atoms with Crippen LogP contribution in [-0.2, 0) is 17.9 Å². The Morgan fingerprint density at radius 3 is 2.50 bits per heavy atom. The van der Waals surface area contributed by atoms with E-state index >= 15 is 0 Å². The molecule has 0 aliphatic heterocycles. The number of rotatable bonds is 7. The molecule has 2 N–H and O–H groups in total. The van der Waals surface area contributed by atoms with Gasteiger partial charge in [0.1, 0.15) is 18.0 Å². The van der Waals surface area contributed by atoms with Gasteiger partial charge < -0.3 is 14.8 Å². The molecule has 2 aromatic heterocycles. The summed E-state index contributed by atoms with van der Waals surface area (Å²) in [7, 11) is 0. The number of alkyl carbamates (subject to hydrolysis) is 1. The zero-order valence-electron chi connectivity index (χ0n) is 21.1. The maximum Gasteiger partial charge on any atom is 0.407 e. The van der Waals surface area contributed by atoms with Crippen molar-refractivity contribution in [3.05, 3.63) is 77.1 Å². The first kappa shape index (κ1) is 24.8. The minimum atomic E-state index is -0.583. The third-order valence-electron chi connectivity index (χ3n) is 5.48. The van der Waals surface area contributed by atoms with E-state index in [2.05, 4.69) is 55.2 Å². The van der Waals surface area contributed by atoms with Crippen LogP contribution in [0, 0.1) is 13.8 Å². The summed E-state index contributed by atoms with van der Waals surface area (Å²) in [4.78, 5) is 16.9. The summed E-state index contributed by atoms with van der Waals surface area (Å²) in [5, 5.41) is 17.2. The van der Waals surface area contributed by atoms with E-state index in [0.29, 0.717) is 11.6 Å². The van der Waals surface area contributed by atoms with E-state index in [4.69, 9.17) is 9.47 Å². The van der Waals surface area contributed by atoms with Gasteiger partial charge in [-0.1, -0.05) is 42.0 Å². The van der Waals surface area contributed by atoms with Gasteiger partial charge in [0.2, 0.25) is 5.82 Å². The van der Waals surface area contributed by atoms with Crippen molar-refractivity contribution in [1.82, 2.24) is 30.9 Å². The van der Waals surface area contributed by atoms with Gasteiger partial charge in [-0.3, -0.25) is 4.98 Å². The first-order valence-electron chi connectivity index (χ1n) is 11.7. The fourth-order valence-corrected chi connectivity index (χ4v) is 3.77. The maximum atomic E-state index is 12.3. The molecule has 0 aliphatic rings. The molecule has 0 atom stereocenters. The van der Waals surface area contributed by atoms with E-state index in [0.717, 1.165) is 39.1 Å². The zero-order chi connectivity index (χ0) is 25.7. The smallest absolute Gasteiger partial charge is 0.407 e. The summed E-state index contributed by atoms with van der Waals surface area (Å²) in [6, 6.07) is 15.8. The molecule has 1 amide bonds. The Balaban J connectivity index is 1.68. The predicted octanol–water partition coefficient (Wildman–Crippen LogP) is 5.15. The largest absolute Gasteiger partial charge is 0.488 e. The van der Waals surface area contributed by atoms with Crippen LogP contribution in [-0.4, -0.2) is 37.3 Å². The number of hydrogen-bond donors (Lipinski definition) is 2. The fraction of sp³-hybridized carbons (Fsp3) is 0.296. The van der Waals surface area contributed by atoms with E-state index in [9.17, 15) is 4.79 Å². The molecule has 2 aromatic carbocycles. The average molecular weight is 487 g/mol. The highest BCUT2D eigenvalue weighted by Crippen LogP contribution is 2.32. The van der Waals surface area contributed by atoms with Crippen LogP contribution >= 0.6 is 0 Å². The minimum absolute atomic E-state index is 0.261. The lowest BCUT2D eigenvalue weighted by Gasteiger charge is -2.21. The molecule has 4 rings (SSSR count). The summed E-state index contributed by atoms with van der Waals surface area (Å²) < 4.78 is 11.7. The van der Waals surface area contributed by atoms with Gasteiger partial charge in [-0.2, -0.15) is 5.21 Å². The van der Waals surface area contributed by atoms with Crippen LogP contribution in [0.5, 0.6) is 5.75 Å². The lowest BCUT2D eigenvalue weighted by molar-refractivity contribution is 0.0523. The lowest BCUT2D eigenvalue weighted by atomic mass is 9.94. The second-order valence-corrected chi connectivity index (χ2v) is 9.46. The summed E-state index contributed by atoms with van der Waals surface area (Å²) in [6.07, 6.45) is 1.31. The molecule has 0 aliphatic carbocycles. The van der Waals surface area contributed by atoms with E-state index < -0.39 is 11.7 Å². The quantitative estimate of drug-likeness (QED) is 0.371. The van der Waals surface area contributed by atoms with Crippen molar-refractivity contribution in [1.29, 1.82) is 0 Å². The van der Waals surface area contributed by atoms with Gasteiger partial charge in [0.25, 0.3) is 0 Å². The van der Waals surface area contributed by atoms with Gasteiger partial charge in [-0.25, -0.2) is 4.79 Å². The van der Waals surface area contributed by atoms with Crippen LogP contribution in [0.1, 0.15) is 43.2 Å². The number of para-hydroxylation sites is 1. The van der Waals surface area contributed by atoms with Gasteiger partial charge >= 0.3 is 6.09 Å². The van der Waals surface area contributed by atoms with E-state index in [1.165, 1.54) is 0 Å². The molecule has 4 aromatic rings. The first-order chi connectivity index (χ1) is 17.2. The Labute approximate surface area is 210 Å². The number of tetrazole rings is 1. The van der Waals surface area contributed by atoms with Crippen molar-refractivity contribution in [2.45, 2.75) is 53.4 Å². The molecule has 0 saturated heterocycles. The Morgan fingerprint density at radius 1 is 1.06 bits per heavy atom. The molecule has 2 heterocycles. The molecule has 0 fully saturated rings. The molecule has 0 unspecified atom stereocenters. The van der Waals surface area contributed by atoms with Crippen LogP contribution in [0.2, 0.25) is 0 Å². The average Bonchev–Trinajstić information content (AvgIpc) is 3.37. The minimum Gasteiger partial charge on any atom is -0.488 e. The third-order valence-corrected chi connectivity index (χ3v) is 5.48. The Hall–Kier alpha value is -4.27. The fourth-order valence-electron chi connectivity index (χ4n) is 3.77. The summed E-state index contributed by atoms with van der Waals surface area (Å²) in [6.45, 7) is 10.0. The number of amides is 1. The monoisotopic (exact) mass is 486 g/mol. The van der Waals surface area contributed by atoms with Gasteiger partial charge in [0.05, 0.1) is 5.56 Å². The Morgan fingerprint density at radius 2 is 1.81 bits per heavy atom. The molecule has 0 spiro atoms. The molecular weight excluding hydrogens is 456 g/mol. The van der Waals surface area contributed by atoms with Crippen LogP contribution in [0.25, 0.3) is 22.5 Å². The van der Waals surface area contributed by atoms with E-state index in [1.807, 2.05) is 58.9 Å². The molecule has 0 bridgehead atoms. The molecule has 186 valence electrons. The van der Waals surface area contributed by atoms with Gasteiger partial charge in [-0.05, 0) is 68.7 Å². The number of aromatic amines is 1. The normalized spacial score (nSPS) is 11.2. The van der Waals surface area contributed by atoms with Crippen molar-refractivity contribution in [2.24, 2.45) is 0 Å². The van der Waals surface area contributed by atoms with E-state index in [-0.39, 0.29) is 13.2 Å². The molecule has 9 nitrogen and oxygen atoms in total. The van der Waals surface area contributed by atoms with Crippen molar-refractivity contribution < 1.29 is 14.3 Å². The summed E-state index contributed by atoms with van der Waals surface area (Å²) in [5.41, 5.74) is 5.91. The van der Waals surface area contributed by atoms with Crippen molar-refractivity contribution in [2.75, 3.05) is 0 Å². The highest BCUT2D eigenvalue weighted by molar-refractivity contribution is 5.73. The SMILES string of the molecule is Cc1ccc(-c2c(CNC(=O)OC(C)(C)C)cnc(C)c2COc2ccccc2-c2nn[nH]n2)cc1. The van der Waals surface area contributed by atoms with Gasteiger partial charge in [-0.15, -0.1) is 10.2 Å². The number of aryl methyl sites for hydroxylation is 2. The number of aromatic nitrogens is 5. The number of carbonyl (C=O) groups excluding carboxylic acids is 1.